The standard InChI is InChI=1S/C19H34N6O7/c1-11(2)16(18(31)32)25-17(30)12(9-15(28)29)24-14(27)10-23-13(26)7-5-3-4-6-8-22-19(20)21/h11-12,16H,3-10H2,1-2H3,(H,23,26)(H,24,27)(H,25,30)(H,28,29)(H,31,32)(H4,20,21,22)/t12-,16-/m0/s1. The molecule has 0 saturated heterocycles. The fraction of sp³-hybridized carbons (Fsp3) is 0.684. The van der Waals surface area contributed by atoms with Crippen molar-refractivity contribution in [1.29, 1.82) is 0 Å². The number of nitrogens with one attached hydrogen (secondary N) is 3. The van der Waals surface area contributed by atoms with E-state index in [1.807, 2.05) is 0 Å². The zero-order valence-corrected chi connectivity index (χ0v) is 18.4. The molecule has 0 aliphatic rings. The molecule has 0 aliphatic heterocycles. The van der Waals surface area contributed by atoms with E-state index in [1.165, 1.54) is 0 Å². The van der Waals surface area contributed by atoms with Crippen LogP contribution < -0.4 is 27.4 Å². The van der Waals surface area contributed by atoms with Crippen LogP contribution in [0.3, 0.4) is 0 Å². The van der Waals surface area contributed by atoms with Gasteiger partial charge in [-0.2, -0.15) is 0 Å². The molecule has 32 heavy (non-hydrogen) atoms. The lowest BCUT2D eigenvalue weighted by Crippen LogP contribution is -2.54. The number of amides is 3. The maximum Gasteiger partial charge on any atom is 0.326 e. The maximum absolute atomic E-state index is 12.3. The maximum atomic E-state index is 12.3. The summed E-state index contributed by atoms with van der Waals surface area (Å²) in [5, 5.41) is 25.0. The Morgan fingerprint density at radius 2 is 1.53 bits per heavy atom. The minimum atomic E-state index is -1.48. The van der Waals surface area contributed by atoms with Crippen LogP contribution in [0.15, 0.2) is 4.99 Å². The Bertz CT molecular complexity index is 692. The van der Waals surface area contributed by atoms with Gasteiger partial charge in [0.1, 0.15) is 12.1 Å². The van der Waals surface area contributed by atoms with Gasteiger partial charge in [0.05, 0.1) is 13.0 Å². The molecule has 0 fully saturated rings. The van der Waals surface area contributed by atoms with Crippen LogP contribution in [0.1, 0.15) is 52.4 Å². The number of guanidine groups is 1. The molecule has 0 aromatic heterocycles. The molecule has 3 amide bonds. The fourth-order valence-electron chi connectivity index (χ4n) is 2.62. The Morgan fingerprint density at radius 3 is 2.06 bits per heavy atom. The van der Waals surface area contributed by atoms with Gasteiger partial charge in [-0.3, -0.25) is 24.2 Å². The first-order valence-electron chi connectivity index (χ1n) is 10.3. The van der Waals surface area contributed by atoms with Gasteiger partial charge in [-0.15, -0.1) is 0 Å². The summed E-state index contributed by atoms with van der Waals surface area (Å²) in [6.07, 6.45) is 2.46. The van der Waals surface area contributed by atoms with Gasteiger partial charge in [0, 0.05) is 13.0 Å². The highest BCUT2D eigenvalue weighted by Crippen LogP contribution is 2.04. The summed E-state index contributed by atoms with van der Waals surface area (Å²) in [4.78, 5) is 62.3. The second-order valence-electron chi connectivity index (χ2n) is 7.53. The summed E-state index contributed by atoms with van der Waals surface area (Å²) in [5.74, 6) is -5.13. The van der Waals surface area contributed by atoms with Crippen LogP contribution in [0.2, 0.25) is 0 Å². The number of aliphatic imine (C=N–C) groups is 1. The number of nitrogens with two attached hydrogens (primary N) is 2. The van der Waals surface area contributed by atoms with Crippen molar-refractivity contribution in [3.63, 3.8) is 0 Å². The number of hydrogen-bond donors (Lipinski definition) is 7. The molecule has 0 bridgehead atoms. The molecule has 2 atom stereocenters. The van der Waals surface area contributed by atoms with Crippen LogP contribution >= 0.6 is 0 Å². The van der Waals surface area contributed by atoms with Gasteiger partial charge in [0.2, 0.25) is 17.7 Å². The van der Waals surface area contributed by atoms with E-state index in [0.717, 1.165) is 19.3 Å². The Hall–Kier alpha value is -3.38. The van der Waals surface area contributed by atoms with Crippen molar-refractivity contribution in [2.45, 2.75) is 64.5 Å². The number of rotatable bonds is 16. The Kier molecular flexibility index (Phi) is 13.8. The third-order valence-corrected chi connectivity index (χ3v) is 4.31. The number of carboxylic acid groups (broad SMARTS) is 2. The van der Waals surface area contributed by atoms with Gasteiger partial charge >= 0.3 is 11.9 Å². The average molecular weight is 459 g/mol. The number of carboxylic acids is 2. The summed E-state index contributed by atoms with van der Waals surface area (Å²) in [6, 6.07) is -2.72. The van der Waals surface area contributed by atoms with Gasteiger partial charge < -0.3 is 37.6 Å². The number of unbranched alkanes of at least 4 members (excludes halogenated alkanes) is 3. The van der Waals surface area contributed by atoms with E-state index in [0.29, 0.717) is 13.0 Å². The monoisotopic (exact) mass is 458 g/mol. The molecule has 0 aromatic carbocycles. The van der Waals surface area contributed by atoms with Gasteiger partial charge in [-0.25, -0.2) is 4.79 Å². The first kappa shape index (κ1) is 28.6. The molecule has 0 aromatic rings. The van der Waals surface area contributed by atoms with Gasteiger partial charge in [-0.05, 0) is 18.8 Å². The predicted molar refractivity (Wildman–Crippen MR) is 115 cm³/mol. The number of carbonyl (C=O) groups excluding carboxylic acids is 3. The van der Waals surface area contributed by atoms with Crippen molar-refractivity contribution >= 4 is 35.6 Å². The molecule has 0 saturated carbocycles. The van der Waals surface area contributed by atoms with Crippen LogP contribution in [-0.2, 0) is 24.0 Å². The lowest BCUT2D eigenvalue weighted by Gasteiger charge is -2.22. The molecular formula is C19H34N6O7. The van der Waals surface area contributed by atoms with Crippen molar-refractivity contribution in [1.82, 2.24) is 16.0 Å². The van der Waals surface area contributed by atoms with Crippen molar-refractivity contribution < 1.29 is 34.2 Å². The van der Waals surface area contributed by atoms with E-state index in [1.54, 1.807) is 13.8 Å². The largest absolute Gasteiger partial charge is 0.481 e. The number of aliphatic carboxylic acids is 2. The number of carbonyl (C=O) groups is 5. The van der Waals surface area contributed by atoms with Crippen LogP contribution in [0.4, 0.5) is 0 Å². The normalized spacial score (nSPS) is 12.3. The first-order chi connectivity index (χ1) is 14.9. The van der Waals surface area contributed by atoms with Crippen LogP contribution in [-0.4, -0.2) is 71.0 Å². The second-order valence-corrected chi connectivity index (χ2v) is 7.53. The Morgan fingerprint density at radius 1 is 0.906 bits per heavy atom. The Balaban J connectivity index is 4.46. The highest BCUT2D eigenvalue weighted by atomic mass is 16.4. The van der Waals surface area contributed by atoms with Crippen molar-refractivity contribution in [2.24, 2.45) is 22.4 Å². The molecule has 0 spiro atoms. The number of nitrogens with zero attached hydrogens (tertiary/aromatic N) is 1. The quantitative estimate of drug-likeness (QED) is 0.0810. The second kappa shape index (κ2) is 15.4. The third-order valence-electron chi connectivity index (χ3n) is 4.31. The Labute approximate surface area is 186 Å². The summed E-state index contributed by atoms with van der Waals surface area (Å²) in [5.41, 5.74) is 10.4. The van der Waals surface area contributed by atoms with Gasteiger partial charge in [-0.1, -0.05) is 26.7 Å². The molecule has 0 aliphatic carbocycles. The van der Waals surface area contributed by atoms with E-state index in [9.17, 15) is 24.0 Å². The summed E-state index contributed by atoms with van der Waals surface area (Å²) in [7, 11) is 0. The van der Waals surface area contributed by atoms with Crippen LogP contribution in [0, 0.1) is 5.92 Å². The molecule has 9 N–H and O–H groups in total. The first-order valence-corrected chi connectivity index (χ1v) is 10.3. The van der Waals surface area contributed by atoms with E-state index in [2.05, 4.69) is 20.9 Å². The summed E-state index contributed by atoms with van der Waals surface area (Å²) >= 11 is 0. The van der Waals surface area contributed by atoms with Crippen molar-refractivity contribution in [2.75, 3.05) is 13.1 Å². The fourth-order valence-corrected chi connectivity index (χ4v) is 2.62. The highest BCUT2D eigenvalue weighted by Gasteiger charge is 2.29. The molecule has 182 valence electrons. The lowest BCUT2D eigenvalue weighted by molar-refractivity contribution is -0.144. The molecular weight excluding hydrogens is 424 g/mol. The molecule has 13 nitrogen and oxygen atoms in total. The van der Waals surface area contributed by atoms with E-state index < -0.39 is 54.7 Å². The molecule has 0 radical (unpaired) electrons. The van der Waals surface area contributed by atoms with Gasteiger partial charge in [0.15, 0.2) is 5.96 Å². The smallest absolute Gasteiger partial charge is 0.326 e. The molecule has 13 heteroatoms. The topological polar surface area (TPSA) is 226 Å². The van der Waals surface area contributed by atoms with Crippen molar-refractivity contribution in [3.05, 3.63) is 0 Å². The molecule has 0 heterocycles. The third kappa shape index (κ3) is 13.8. The zero-order chi connectivity index (χ0) is 24.7. The van der Waals surface area contributed by atoms with E-state index in [4.69, 9.17) is 21.7 Å². The van der Waals surface area contributed by atoms with Crippen LogP contribution in [0.5, 0.6) is 0 Å². The van der Waals surface area contributed by atoms with Gasteiger partial charge in [0.25, 0.3) is 0 Å². The molecule has 0 unspecified atom stereocenters. The highest BCUT2D eigenvalue weighted by molar-refractivity contribution is 5.94. The summed E-state index contributed by atoms with van der Waals surface area (Å²) < 4.78 is 0. The number of hydrogen-bond acceptors (Lipinski definition) is 6. The summed E-state index contributed by atoms with van der Waals surface area (Å²) in [6.45, 7) is 3.22. The minimum Gasteiger partial charge on any atom is -0.481 e. The van der Waals surface area contributed by atoms with E-state index >= 15 is 0 Å². The average Bonchev–Trinajstić information content (AvgIpc) is 2.67. The minimum absolute atomic E-state index is 0.0346. The van der Waals surface area contributed by atoms with E-state index in [-0.39, 0.29) is 18.3 Å². The van der Waals surface area contributed by atoms with Crippen molar-refractivity contribution in [3.8, 4) is 0 Å². The zero-order valence-electron chi connectivity index (χ0n) is 18.4. The van der Waals surface area contributed by atoms with Crippen LogP contribution in [0.25, 0.3) is 0 Å². The molecule has 0 rings (SSSR count). The predicted octanol–water partition coefficient (Wildman–Crippen LogP) is -1.49. The lowest BCUT2D eigenvalue weighted by atomic mass is 10.0. The SMILES string of the molecule is CC(C)[C@H](NC(=O)[C@H](CC(=O)O)NC(=O)CNC(=O)CCCCCCN=C(N)N)C(=O)O.